The van der Waals surface area contributed by atoms with Crippen molar-refractivity contribution >= 4 is 17.4 Å². The lowest BCUT2D eigenvalue weighted by molar-refractivity contribution is -0.140. The van der Waals surface area contributed by atoms with Crippen LogP contribution in [0.15, 0.2) is 72.3 Å². The molecule has 0 spiro atoms. The van der Waals surface area contributed by atoms with Gasteiger partial charge in [-0.05, 0) is 66.9 Å². The topological polar surface area (TPSA) is 109 Å². The molecule has 3 aromatic carbocycles. The first-order chi connectivity index (χ1) is 20.4. The van der Waals surface area contributed by atoms with Crippen LogP contribution in [0.25, 0.3) is 5.76 Å². The van der Waals surface area contributed by atoms with Crippen LogP contribution in [0.3, 0.4) is 0 Å². The van der Waals surface area contributed by atoms with Crippen molar-refractivity contribution in [3.63, 3.8) is 0 Å². The molecule has 2 aliphatic rings. The number of Topliss-reactive ketones (excluding diaryl/α,β-unsaturated/α-hetero) is 1. The number of hydrogen-bond donors (Lipinski definition) is 2. The number of ketones is 1. The number of likely N-dealkylation sites (tertiary alicyclic amines) is 1. The number of aliphatic hydroxyl groups is 1. The van der Waals surface area contributed by atoms with Crippen LogP contribution in [-0.4, -0.2) is 77.7 Å². The molecule has 9 nitrogen and oxygen atoms in total. The molecule has 0 aromatic heterocycles. The van der Waals surface area contributed by atoms with E-state index in [2.05, 4.69) is 4.90 Å². The summed E-state index contributed by atoms with van der Waals surface area (Å²) >= 11 is 0. The van der Waals surface area contributed by atoms with E-state index in [9.17, 15) is 19.8 Å². The summed E-state index contributed by atoms with van der Waals surface area (Å²) in [6, 6.07) is 18.6. The Bertz CT molecular complexity index is 1460. The zero-order valence-corrected chi connectivity index (χ0v) is 23.9. The molecule has 0 bridgehead atoms. The lowest BCUT2D eigenvalue weighted by Crippen LogP contribution is -2.42. The summed E-state index contributed by atoms with van der Waals surface area (Å²) < 4.78 is 17.0. The first-order valence-corrected chi connectivity index (χ1v) is 14.2. The lowest BCUT2D eigenvalue weighted by atomic mass is 9.95. The molecule has 2 heterocycles. The van der Waals surface area contributed by atoms with E-state index >= 15 is 0 Å². The highest BCUT2D eigenvalue weighted by atomic mass is 16.5. The number of nitrogens with zero attached hydrogens (tertiary/aromatic N) is 2. The van der Waals surface area contributed by atoms with E-state index in [0.29, 0.717) is 49.8 Å². The van der Waals surface area contributed by atoms with Gasteiger partial charge >= 0.3 is 0 Å². The highest BCUT2D eigenvalue weighted by Crippen LogP contribution is 2.42. The van der Waals surface area contributed by atoms with Crippen molar-refractivity contribution in [1.29, 1.82) is 0 Å². The van der Waals surface area contributed by atoms with Crippen LogP contribution in [-0.2, 0) is 20.9 Å². The Morgan fingerprint density at radius 1 is 0.976 bits per heavy atom. The molecular weight excluding hydrogens is 536 g/mol. The van der Waals surface area contributed by atoms with Crippen LogP contribution in [0.2, 0.25) is 0 Å². The number of phenols is 1. The minimum atomic E-state index is -0.858. The Labute approximate surface area is 245 Å². The number of benzene rings is 3. The first kappa shape index (κ1) is 29.2. The monoisotopic (exact) mass is 572 g/mol. The largest absolute Gasteiger partial charge is 0.507 e. The Kier molecular flexibility index (Phi) is 9.09. The molecule has 0 aliphatic carbocycles. The maximum atomic E-state index is 13.5. The summed E-state index contributed by atoms with van der Waals surface area (Å²) in [6.07, 6.45) is 0. The molecule has 5 rings (SSSR count). The zero-order chi connectivity index (χ0) is 29.6. The average molecular weight is 573 g/mol. The van der Waals surface area contributed by atoms with E-state index in [4.69, 9.17) is 14.2 Å². The van der Waals surface area contributed by atoms with Gasteiger partial charge in [-0.15, -0.1) is 0 Å². The van der Waals surface area contributed by atoms with Crippen molar-refractivity contribution in [2.75, 3.05) is 46.0 Å². The van der Waals surface area contributed by atoms with E-state index in [1.54, 1.807) is 43.3 Å². The van der Waals surface area contributed by atoms with Gasteiger partial charge in [0.15, 0.2) is 11.5 Å². The zero-order valence-electron chi connectivity index (χ0n) is 23.9. The summed E-state index contributed by atoms with van der Waals surface area (Å²) in [4.78, 5) is 30.5. The van der Waals surface area contributed by atoms with Crippen LogP contribution >= 0.6 is 0 Å². The van der Waals surface area contributed by atoms with E-state index < -0.39 is 17.7 Å². The number of aromatic hydroxyl groups is 1. The van der Waals surface area contributed by atoms with E-state index in [-0.39, 0.29) is 29.4 Å². The highest BCUT2D eigenvalue weighted by Gasteiger charge is 2.46. The molecule has 2 N–H and O–H groups in total. The van der Waals surface area contributed by atoms with Crippen LogP contribution < -0.4 is 9.47 Å². The van der Waals surface area contributed by atoms with Crippen molar-refractivity contribution in [1.82, 2.24) is 9.80 Å². The molecule has 0 saturated carbocycles. The number of aryl methyl sites for hydroxylation is 1. The molecular formula is C33H36N2O7. The summed E-state index contributed by atoms with van der Waals surface area (Å²) in [7, 11) is 0. The maximum absolute atomic E-state index is 13.5. The molecule has 2 fully saturated rings. The van der Waals surface area contributed by atoms with Gasteiger partial charge in [0.1, 0.15) is 18.1 Å². The van der Waals surface area contributed by atoms with Gasteiger partial charge in [0.25, 0.3) is 11.7 Å². The number of carbonyl (C=O) groups excluding carboxylic acids is 2. The second-order valence-corrected chi connectivity index (χ2v) is 10.3. The van der Waals surface area contributed by atoms with E-state index in [1.807, 2.05) is 31.2 Å². The number of amides is 1. The Morgan fingerprint density at radius 2 is 1.71 bits per heavy atom. The molecule has 42 heavy (non-hydrogen) atoms. The quantitative estimate of drug-likeness (QED) is 0.209. The van der Waals surface area contributed by atoms with Gasteiger partial charge in [-0.25, -0.2) is 0 Å². The van der Waals surface area contributed by atoms with Crippen molar-refractivity contribution in [2.45, 2.75) is 26.5 Å². The number of carbonyl (C=O) groups is 2. The fraction of sp³-hybridized carbons (Fsp3) is 0.333. The fourth-order valence-corrected chi connectivity index (χ4v) is 5.30. The van der Waals surface area contributed by atoms with E-state index in [1.165, 1.54) is 11.0 Å². The predicted octanol–water partition coefficient (Wildman–Crippen LogP) is 4.43. The number of morpholine rings is 1. The third-order valence-corrected chi connectivity index (χ3v) is 7.68. The molecule has 0 radical (unpaired) electrons. The number of hydrogen-bond acceptors (Lipinski definition) is 8. The second-order valence-electron chi connectivity index (χ2n) is 10.3. The maximum Gasteiger partial charge on any atom is 0.295 e. The molecule has 1 atom stereocenters. The van der Waals surface area contributed by atoms with Gasteiger partial charge in [-0.3, -0.25) is 14.5 Å². The SMILES string of the molecule is CCOc1cc(C2C(=C(O)c3ccc(OCc4ccccc4C)cc3)C(=O)C(=O)N2CCN2CCOCC2)ccc1O. The summed E-state index contributed by atoms with van der Waals surface area (Å²) in [5.74, 6) is -0.915. The summed E-state index contributed by atoms with van der Waals surface area (Å²) in [5, 5.41) is 21.8. The van der Waals surface area contributed by atoms with Gasteiger partial charge < -0.3 is 29.3 Å². The van der Waals surface area contributed by atoms with Gasteiger partial charge in [0.05, 0.1) is 31.4 Å². The average Bonchev–Trinajstić information content (AvgIpc) is 3.26. The van der Waals surface area contributed by atoms with Crippen molar-refractivity contribution in [3.05, 3.63) is 94.6 Å². The lowest BCUT2D eigenvalue weighted by Gasteiger charge is -2.31. The Morgan fingerprint density at radius 3 is 2.43 bits per heavy atom. The first-order valence-electron chi connectivity index (χ1n) is 14.2. The number of ether oxygens (including phenoxy) is 3. The minimum absolute atomic E-state index is 0.0105. The molecule has 9 heteroatoms. The second kappa shape index (κ2) is 13.1. The number of aliphatic hydroxyl groups excluding tert-OH is 1. The van der Waals surface area contributed by atoms with Crippen LogP contribution in [0, 0.1) is 6.92 Å². The number of rotatable bonds is 10. The van der Waals surface area contributed by atoms with Crippen LogP contribution in [0.1, 0.15) is 35.2 Å². The van der Waals surface area contributed by atoms with Crippen LogP contribution in [0.5, 0.6) is 17.2 Å². The molecule has 220 valence electrons. The van der Waals surface area contributed by atoms with Gasteiger partial charge in [0.2, 0.25) is 0 Å². The third-order valence-electron chi connectivity index (χ3n) is 7.68. The van der Waals surface area contributed by atoms with Crippen molar-refractivity contribution in [3.8, 4) is 17.2 Å². The summed E-state index contributed by atoms with van der Waals surface area (Å²) in [6.45, 7) is 8.08. The fourth-order valence-electron chi connectivity index (χ4n) is 5.30. The summed E-state index contributed by atoms with van der Waals surface area (Å²) in [5.41, 5.74) is 3.13. The normalized spacial score (nSPS) is 18.8. The Balaban J connectivity index is 1.46. The van der Waals surface area contributed by atoms with Crippen molar-refractivity contribution in [2.24, 2.45) is 0 Å². The molecule has 2 saturated heterocycles. The third kappa shape index (κ3) is 6.27. The van der Waals surface area contributed by atoms with E-state index in [0.717, 1.165) is 24.2 Å². The number of phenolic OH excluding ortho intramolecular Hbond substituents is 1. The molecule has 2 aliphatic heterocycles. The molecule has 3 aromatic rings. The standard InChI is InChI=1S/C33H36N2O7/c1-3-41-28-20-24(10-13-27(28)36)30-29(32(38)33(39)35(30)15-14-34-16-18-40-19-17-34)31(37)23-8-11-26(12-9-23)42-21-25-7-5-4-6-22(25)2/h4-13,20,30,36-37H,3,14-19,21H2,1-2H3. The van der Waals surface area contributed by atoms with Crippen LogP contribution in [0.4, 0.5) is 0 Å². The predicted molar refractivity (Wildman–Crippen MR) is 157 cm³/mol. The van der Waals surface area contributed by atoms with Crippen molar-refractivity contribution < 1.29 is 34.0 Å². The minimum Gasteiger partial charge on any atom is -0.507 e. The van der Waals surface area contributed by atoms with Gasteiger partial charge in [-0.2, -0.15) is 0 Å². The van der Waals surface area contributed by atoms with Gasteiger partial charge in [-0.1, -0.05) is 30.3 Å². The smallest absolute Gasteiger partial charge is 0.295 e. The Hall–Kier alpha value is -4.34. The molecule has 1 amide bonds. The highest BCUT2D eigenvalue weighted by molar-refractivity contribution is 6.46. The van der Waals surface area contributed by atoms with Gasteiger partial charge in [0, 0.05) is 31.7 Å². The molecule has 1 unspecified atom stereocenters.